The summed E-state index contributed by atoms with van der Waals surface area (Å²) in [5.41, 5.74) is 1.95. The zero-order valence-electron chi connectivity index (χ0n) is 11.4. The molecule has 0 saturated heterocycles. The largest absolute Gasteiger partial charge is 0.494 e. The molecule has 0 radical (unpaired) electrons. The number of methoxy groups -OCH3 is 1. The Kier molecular flexibility index (Phi) is 4.16. The predicted octanol–water partition coefficient (Wildman–Crippen LogP) is 2.50. The van der Waals surface area contributed by atoms with E-state index in [0.717, 1.165) is 17.1 Å². The van der Waals surface area contributed by atoms with Crippen LogP contribution in [0.1, 0.15) is 17.1 Å². The fourth-order valence-corrected chi connectivity index (χ4v) is 1.98. The average molecular weight is 263 g/mol. The molecule has 5 heteroatoms. The number of hydrogen-bond donors (Lipinski definition) is 1. The number of imidazole rings is 1. The summed E-state index contributed by atoms with van der Waals surface area (Å²) in [7, 11) is 3.43. The second kappa shape index (κ2) is 5.84. The molecule has 0 bridgehead atoms. The van der Waals surface area contributed by atoms with E-state index in [1.807, 2.05) is 20.0 Å². The van der Waals surface area contributed by atoms with Gasteiger partial charge in [0.15, 0.2) is 11.6 Å². The van der Waals surface area contributed by atoms with Gasteiger partial charge in [-0.25, -0.2) is 9.37 Å². The Labute approximate surface area is 112 Å². The Morgan fingerprint density at radius 3 is 2.74 bits per heavy atom. The number of aromatic nitrogens is 2. The van der Waals surface area contributed by atoms with Gasteiger partial charge in [0.2, 0.25) is 0 Å². The van der Waals surface area contributed by atoms with E-state index < -0.39 is 0 Å². The van der Waals surface area contributed by atoms with Crippen LogP contribution in [0.3, 0.4) is 0 Å². The summed E-state index contributed by atoms with van der Waals surface area (Å²) in [6.07, 6.45) is 1.80. The van der Waals surface area contributed by atoms with Crippen LogP contribution in [-0.4, -0.2) is 29.0 Å². The lowest BCUT2D eigenvalue weighted by molar-refractivity contribution is 0.310. The van der Waals surface area contributed by atoms with Crippen molar-refractivity contribution in [1.29, 1.82) is 0 Å². The second-order valence-electron chi connectivity index (χ2n) is 4.65. The molecule has 0 unspecified atom stereocenters. The van der Waals surface area contributed by atoms with Crippen LogP contribution < -0.4 is 4.74 Å². The highest BCUT2D eigenvalue weighted by Gasteiger charge is 2.07. The fourth-order valence-electron chi connectivity index (χ4n) is 1.98. The summed E-state index contributed by atoms with van der Waals surface area (Å²) in [4.78, 5) is 9.50. The molecule has 0 amide bonds. The minimum absolute atomic E-state index is 0.271. The maximum atomic E-state index is 13.6. The van der Waals surface area contributed by atoms with Gasteiger partial charge in [-0.3, -0.25) is 4.90 Å². The predicted molar refractivity (Wildman–Crippen MR) is 71.4 cm³/mol. The molecule has 1 aromatic heterocycles. The lowest BCUT2D eigenvalue weighted by atomic mass is 10.2. The molecule has 1 N–H and O–H groups in total. The summed E-state index contributed by atoms with van der Waals surface area (Å²) in [6.45, 7) is 3.32. The number of hydrogen-bond acceptors (Lipinski definition) is 3. The number of benzene rings is 1. The summed E-state index contributed by atoms with van der Waals surface area (Å²) in [5, 5.41) is 0. The molecule has 4 nitrogen and oxygen atoms in total. The molecule has 102 valence electrons. The smallest absolute Gasteiger partial charge is 0.165 e. The number of nitrogens with one attached hydrogen (secondary N) is 1. The monoisotopic (exact) mass is 263 g/mol. The number of rotatable bonds is 5. The summed E-state index contributed by atoms with van der Waals surface area (Å²) < 4.78 is 18.5. The molecule has 0 aliphatic carbocycles. The highest BCUT2D eigenvalue weighted by atomic mass is 19.1. The lowest BCUT2D eigenvalue weighted by Crippen LogP contribution is -2.18. The summed E-state index contributed by atoms with van der Waals surface area (Å²) in [5.74, 6) is 0.851. The van der Waals surface area contributed by atoms with Crippen LogP contribution in [0.4, 0.5) is 4.39 Å². The van der Waals surface area contributed by atoms with Crippen molar-refractivity contribution in [3.05, 3.63) is 47.3 Å². The number of halogens is 1. The third-order valence-electron chi connectivity index (χ3n) is 2.84. The zero-order chi connectivity index (χ0) is 13.8. The van der Waals surface area contributed by atoms with E-state index in [1.54, 1.807) is 12.3 Å². The van der Waals surface area contributed by atoms with Crippen LogP contribution in [0.2, 0.25) is 0 Å². The number of H-pyrrole nitrogens is 1. The molecule has 0 spiro atoms. The van der Waals surface area contributed by atoms with E-state index in [4.69, 9.17) is 4.74 Å². The van der Waals surface area contributed by atoms with Crippen LogP contribution in [0.25, 0.3) is 0 Å². The molecule has 2 rings (SSSR count). The van der Waals surface area contributed by atoms with Crippen molar-refractivity contribution < 1.29 is 9.13 Å². The van der Waals surface area contributed by atoms with Crippen molar-refractivity contribution in [2.75, 3.05) is 14.2 Å². The summed E-state index contributed by atoms with van der Waals surface area (Å²) in [6, 6.07) is 5.02. The van der Waals surface area contributed by atoms with E-state index in [0.29, 0.717) is 13.1 Å². The van der Waals surface area contributed by atoms with Gasteiger partial charge in [0, 0.05) is 18.4 Å². The van der Waals surface area contributed by atoms with Gasteiger partial charge in [0.05, 0.1) is 13.7 Å². The summed E-state index contributed by atoms with van der Waals surface area (Å²) >= 11 is 0. The topological polar surface area (TPSA) is 41.1 Å². The minimum Gasteiger partial charge on any atom is -0.494 e. The maximum absolute atomic E-state index is 13.6. The fraction of sp³-hybridized carbons (Fsp3) is 0.357. The molecule has 1 heterocycles. The SMILES string of the molecule is COc1ccc(CN(C)Cc2ncc(C)[nH]2)cc1F. The molecule has 19 heavy (non-hydrogen) atoms. The molecule has 0 aliphatic rings. The van der Waals surface area contributed by atoms with Gasteiger partial charge >= 0.3 is 0 Å². The minimum atomic E-state index is -0.331. The quantitative estimate of drug-likeness (QED) is 0.901. The maximum Gasteiger partial charge on any atom is 0.165 e. The Balaban J connectivity index is 1.98. The first-order chi connectivity index (χ1) is 9.08. The molecular formula is C14H18FN3O. The Hall–Kier alpha value is -1.88. The second-order valence-corrected chi connectivity index (χ2v) is 4.65. The van der Waals surface area contributed by atoms with Crippen LogP contribution in [-0.2, 0) is 13.1 Å². The van der Waals surface area contributed by atoms with Crippen molar-refractivity contribution >= 4 is 0 Å². The van der Waals surface area contributed by atoms with Crippen molar-refractivity contribution in [3.63, 3.8) is 0 Å². The Bertz CT molecular complexity index is 553. The van der Waals surface area contributed by atoms with Gasteiger partial charge in [0.25, 0.3) is 0 Å². The molecule has 0 saturated carbocycles. The van der Waals surface area contributed by atoms with Gasteiger partial charge < -0.3 is 9.72 Å². The van der Waals surface area contributed by atoms with E-state index in [9.17, 15) is 4.39 Å². The van der Waals surface area contributed by atoms with E-state index in [-0.39, 0.29) is 11.6 Å². The van der Waals surface area contributed by atoms with Crippen LogP contribution in [0.5, 0.6) is 5.75 Å². The van der Waals surface area contributed by atoms with Crippen molar-refractivity contribution in [1.82, 2.24) is 14.9 Å². The Morgan fingerprint density at radius 1 is 1.37 bits per heavy atom. The highest BCUT2D eigenvalue weighted by Crippen LogP contribution is 2.18. The normalized spacial score (nSPS) is 11.0. The lowest BCUT2D eigenvalue weighted by Gasteiger charge is -2.15. The van der Waals surface area contributed by atoms with Gasteiger partial charge in [-0.2, -0.15) is 0 Å². The first-order valence-electron chi connectivity index (χ1n) is 6.10. The molecular weight excluding hydrogens is 245 g/mol. The van der Waals surface area contributed by atoms with E-state index in [2.05, 4.69) is 14.9 Å². The van der Waals surface area contributed by atoms with Gasteiger partial charge in [-0.15, -0.1) is 0 Å². The molecule has 0 fully saturated rings. The first kappa shape index (κ1) is 13.5. The number of nitrogens with zero attached hydrogens (tertiary/aromatic N) is 2. The average Bonchev–Trinajstić information content (AvgIpc) is 2.74. The van der Waals surface area contributed by atoms with Gasteiger partial charge in [-0.1, -0.05) is 6.07 Å². The van der Waals surface area contributed by atoms with Crippen molar-refractivity contribution in [2.24, 2.45) is 0 Å². The van der Waals surface area contributed by atoms with Crippen LogP contribution in [0, 0.1) is 12.7 Å². The van der Waals surface area contributed by atoms with Crippen LogP contribution >= 0.6 is 0 Å². The van der Waals surface area contributed by atoms with Crippen molar-refractivity contribution in [2.45, 2.75) is 20.0 Å². The highest BCUT2D eigenvalue weighted by molar-refractivity contribution is 5.29. The zero-order valence-corrected chi connectivity index (χ0v) is 11.4. The number of aryl methyl sites for hydroxylation is 1. The molecule has 2 aromatic rings. The molecule has 1 aromatic carbocycles. The van der Waals surface area contributed by atoms with Gasteiger partial charge in [0.1, 0.15) is 5.82 Å². The first-order valence-corrected chi connectivity index (χ1v) is 6.10. The number of ether oxygens (including phenoxy) is 1. The van der Waals surface area contributed by atoms with Gasteiger partial charge in [-0.05, 0) is 31.7 Å². The van der Waals surface area contributed by atoms with Crippen LogP contribution in [0.15, 0.2) is 24.4 Å². The standard InChI is InChI=1S/C14H18FN3O/c1-10-7-16-14(17-10)9-18(2)8-11-4-5-13(19-3)12(15)6-11/h4-7H,8-9H2,1-3H3,(H,16,17). The third kappa shape index (κ3) is 3.54. The van der Waals surface area contributed by atoms with E-state index in [1.165, 1.54) is 13.2 Å². The molecule has 0 aliphatic heterocycles. The van der Waals surface area contributed by atoms with Crippen molar-refractivity contribution in [3.8, 4) is 5.75 Å². The molecule has 0 atom stereocenters. The Morgan fingerprint density at radius 2 is 2.16 bits per heavy atom. The number of aromatic amines is 1. The third-order valence-corrected chi connectivity index (χ3v) is 2.84. The van der Waals surface area contributed by atoms with E-state index >= 15 is 0 Å².